The number of aromatic nitrogens is 2. The van der Waals surface area contributed by atoms with E-state index in [1.807, 2.05) is 24.3 Å². The molecule has 0 aliphatic carbocycles. The molecule has 0 aliphatic rings. The van der Waals surface area contributed by atoms with Crippen LogP contribution in [-0.2, 0) is 0 Å². The number of anilines is 1. The molecule has 17 heavy (non-hydrogen) atoms. The second-order valence-electron chi connectivity index (χ2n) is 4.22. The molecule has 0 amide bonds. The van der Waals surface area contributed by atoms with Gasteiger partial charge in [-0.1, -0.05) is 26.0 Å². The van der Waals surface area contributed by atoms with Crippen molar-refractivity contribution in [2.45, 2.75) is 13.8 Å². The lowest BCUT2D eigenvalue weighted by Crippen LogP contribution is -2.12. The molecule has 5 heteroatoms. The van der Waals surface area contributed by atoms with E-state index >= 15 is 0 Å². The monoisotopic (exact) mass is 232 g/mol. The number of hydrogen-bond donors (Lipinski definition) is 2. The summed E-state index contributed by atoms with van der Waals surface area (Å²) in [6, 6.07) is 7.69. The van der Waals surface area contributed by atoms with Crippen LogP contribution >= 0.6 is 0 Å². The van der Waals surface area contributed by atoms with Crippen molar-refractivity contribution in [3.63, 3.8) is 0 Å². The third-order valence-corrected chi connectivity index (χ3v) is 2.25. The lowest BCUT2D eigenvalue weighted by Gasteiger charge is -2.11. The quantitative estimate of drug-likeness (QED) is 0.622. The molecular formula is C12H16N4O. The normalized spacial score (nSPS) is 10.8. The van der Waals surface area contributed by atoms with E-state index < -0.39 is 0 Å². The molecule has 5 nitrogen and oxygen atoms in total. The Kier molecular flexibility index (Phi) is 3.39. The second-order valence-corrected chi connectivity index (χ2v) is 4.22. The van der Waals surface area contributed by atoms with E-state index in [0.29, 0.717) is 24.4 Å². The van der Waals surface area contributed by atoms with Gasteiger partial charge in [-0.2, -0.15) is 4.98 Å². The van der Waals surface area contributed by atoms with Gasteiger partial charge in [-0.25, -0.2) is 10.8 Å². The number of hydrazine groups is 1. The van der Waals surface area contributed by atoms with E-state index in [0.717, 1.165) is 10.9 Å². The number of nitrogens with one attached hydrogen (secondary N) is 1. The van der Waals surface area contributed by atoms with Gasteiger partial charge in [0.2, 0.25) is 11.8 Å². The van der Waals surface area contributed by atoms with Crippen molar-refractivity contribution in [1.82, 2.24) is 9.97 Å². The Morgan fingerprint density at radius 3 is 2.76 bits per heavy atom. The van der Waals surface area contributed by atoms with Crippen LogP contribution in [0.5, 0.6) is 5.88 Å². The maximum Gasteiger partial charge on any atom is 0.241 e. The molecule has 90 valence electrons. The van der Waals surface area contributed by atoms with Crippen LogP contribution in [0.2, 0.25) is 0 Å². The number of nitrogens with zero attached hydrogens (tertiary/aromatic N) is 2. The number of benzene rings is 1. The number of rotatable bonds is 4. The highest BCUT2D eigenvalue weighted by Gasteiger charge is 2.08. The number of fused-ring (bicyclic) bond motifs is 1. The molecule has 1 aromatic heterocycles. The molecule has 0 bridgehead atoms. The average Bonchev–Trinajstić information content (AvgIpc) is 2.35. The first-order valence-electron chi connectivity index (χ1n) is 5.57. The number of hydrogen-bond acceptors (Lipinski definition) is 5. The zero-order valence-corrected chi connectivity index (χ0v) is 9.97. The summed E-state index contributed by atoms with van der Waals surface area (Å²) in [4.78, 5) is 8.48. The summed E-state index contributed by atoms with van der Waals surface area (Å²) in [7, 11) is 0. The minimum absolute atomic E-state index is 0.363. The van der Waals surface area contributed by atoms with E-state index in [1.54, 1.807) is 0 Å². The number of nitrogen functional groups attached to an aromatic ring is 1. The molecule has 3 N–H and O–H groups in total. The van der Waals surface area contributed by atoms with E-state index in [9.17, 15) is 0 Å². The summed E-state index contributed by atoms with van der Waals surface area (Å²) in [5.74, 6) is 6.71. The summed E-state index contributed by atoms with van der Waals surface area (Å²) in [5, 5.41) is 0.896. The summed E-state index contributed by atoms with van der Waals surface area (Å²) < 4.78 is 5.68. The van der Waals surface area contributed by atoms with E-state index in [-0.39, 0.29) is 0 Å². The highest BCUT2D eigenvalue weighted by molar-refractivity contribution is 5.84. The third kappa shape index (κ3) is 2.62. The standard InChI is InChI=1S/C12H16N4O/c1-8(2)7-17-11-9-5-3-4-6-10(9)14-12(15-11)16-13/h3-6,8H,7,13H2,1-2H3,(H,14,15,16). The smallest absolute Gasteiger partial charge is 0.241 e. The summed E-state index contributed by atoms with van der Waals surface area (Å²) in [5.41, 5.74) is 3.26. The van der Waals surface area contributed by atoms with Gasteiger partial charge in [-0.15, -0.1) is 0 Å². The van der Waals surface area contributed by atoms with Crippen molar-refractivity contribution in [2.75, 3.05) is 12.0 Å². The maximum absolute atomic E-state index is 5.68. The first kappa shape index (κ1) is 11.6. The fourth-order valence-corrected chi connectivity index (χ4v) is 1.47. The van der Waals surface area contributed by atoms with Crippen LogP contribution in [0, 0.1) is 5.92 Å². The Balaban J connectivity index is 2.43. The van der Waals surface area contributed by atoms with Gasteiger partial charge in [-0.05, 0) is 18.1 Å². The fourth-order valence-electron chi connectivity index (χ4n) is 1.47. The molecule has 0 spiro atoms. The van der Waals surface area contributed by atoms with Crippen LogP contribution in [0.1, 0.15) is 13.8 Å². The molecule has 1 aromatic carbocycles. The highest BCUT2D eigenvalue weighted by Crippen LogP contribution is 2.23. The topological polar surface area (TPSA) is 73.1 Å². The Morgan fingerprint density at radius 1 is 1.29 bits per heavy atom. The largest absolute Gasteiger partial charge is 0.477 e. The molecule has 1 heterocycles. The van der Waals surface area contributed by atoms with Crippen LogP contribution in [0.15, 0.2) is 24.3 Å². The van der Waals surface area contributed by atoms with Crippen LogP contribution in [0.4, 0.5) is 5.95 Å². The molecule has 0 radical (unpaired) electrons. The number of ether oxygens (including phenoxy) is 1. The fraction of sp³-hybridized carbons (Fsp3) is 0.333. The first-order valence-corrected chi connectivity index (χ1v) is 5.57. The van der Waals surface area contributed by atoms with E-state index in [2.05, 4.69) is 29.2 Å². The predicted octanol–water partition coefficient (Wildman–Crippen LogP) is 1.95. The van der Waals surface area contributed by atoms with Crippen LogP contribution in [-0.4, -0.2) is 16.6 Å². The second kappa shape index (κ2) is 4.97. The van der Waals surface area contributed by atoms with Gasteiger partial charge in [0.25, 0.3) is 0 Å². The minimum Gasteiger partial charge on any atom is -0.477 e. The molecular weight excluding hydrogens is 216 g/mol. The van der Waals surface area contributed by atoms with Crippen LogP contribution in [0.3, 0.4) is 0 Å². The van der Waals surface area contributed by atoms with Crippen molar-refractivity contribution < 1.29 is 4.74 Å². The number of para-hydroxylation sites is 1. The Morgan fingerprint density at radius 2 is 2.06 bits per heavy atom. The molecule has 0 fully saturated rings. The van der Waals surface area contributed by atoms with Gasteiger partial charge in [0, 0.05) is 0 Å². The van der Waals surface area contributed by atoms with Crippen LogP contribution in [0.25, 0.3) is 10.9 Å². The lowest BCUT2D eigenvalue weighted by molar-refractivity contribution is 0.264. The SMILES string of the molecule is CC(C)COc1nc(NN)nc2ccccc12. The van der Waals surface area contributed by atoms with Crippen LogP contribution < -0.4 is 16.0 Å². The molecule has 2 rings (SSSR count). The van der Waals surface area contributed by atoms with E-state index in [1.165, 1.54) is 0 Å². The first-order chi connectivity index (χ1) is 8.20. The van der Waals surface area contributed by atoms with Crippen molar-refractivity contribution in [3.05, 3.63) is 24.3 Å². The van der Waals surface area contributed by atoms with Gasteiger partial charge in [-0.3, -0.25) is 5.43 Å². The Hall–Kier alpha value is -1.88. The Bertz CT molecular complexity index is 513. The Labute approximate surface area is 100.0 Å². The summed E-state index contributed by atoms with van der Waals surface area (Å²) >= 11 is 0. The van der Waals surface area contributed by atoms with Gasteiger partial charge < -0.3 is 4.74 Å². The van der Waals surface area contributed by atoms with Gasteiger partial charge >= 0.3 is 0 Å². The highest BCUT2D eigenvalue weighted by atomic mass is 16.5. The lowest BCUT2D eigenvalue weighted by atomic mass is 10.2. The van der Waals surface area contributed by atoms with Crippen molar-refractivity contribution in [1.29, 1.82) is 0 Å². The predicted molar refractivity (Wildman–Crippen MR) is 67.7 cm³/mol. The van der Waals surface area contributed by atoms with Gasteiger partial charge in [0.05, 0.1) is 17.5 Å². The average molecular weight is 232 g/mol. The minimum atomic E-state index is 0.363. The van der Waals surface area contributed by atoms with Crippen molar-refractivity contribution in [3.8, 4) is 5.88 Å². The molecule has 0 aliphatic heterocycles. The third-order valence-electron chi connectivity index (χ3n) is 2.25. The molecule has 0 atom stereocenters. The van der Waals surface area contributed by atoms with Gasteiger partial charge in [0.15, 0.2) is 0 Å². The summed E-state index contributed by atoms with van der Waals surface area (Å²) in [6.45, 7) is 4.79. The van der Waals surface area contributed by atoms with E-state index in [4.69, 9.17) is 10.6 Å². The summed E-state index contributed by atoms with van der Waals surface area (Å²) in [6.07, 6.45) is 0. The molecule has 0 saturated heterocycles. The molecule has 2 aromatic rings. The zero-order chi connectivity index (χ0) is 12.3. The zero-order valence-electron chi connectivity index (χ0n) is 9.97. The van der Waals surface area contributed by atoms with Crippen molar-refractivity contribution >= 4 is 16.9 Å². The molecule has 0 unspecified atom stereocenters. The maximum atomic E-state index is 5.68. The molecule has 0 saturated carbocycles. The van der Waals surface area contributed by atoms with Crippen molar-refractivity contribution in [2.24, 2.45) is 11.8 Å². The number of nitrogens with two attached hydrogens (primary N) is 1. The van der Waals surface area contributed by atoms with Gasteiger partial charge in [0.1, 0.15) is 0 Å².